The monoisotopic (exact) mass is 335 g/mol. The van der Waals surface area contributed by atoms with E-state index in [4.69, 9.17) is 4.74 Å². The summed E-state index contributed by atoms with van der Waals surface area (Å²) in [5.74, 6) is 1.09. The topological polar surface area (TPSA) is 58.2 Å². The number of carbonyl (C=O) groups excluding carboxylic acids is 1. The summed E-state index contributed by atoms with van der Waals surface area (Å²) in [6.45, 7) is 1.52. The molecule has 5 heteroatoms. The number of amides is 1. The zero-order valence-electron chi connectivity index (χ0n) is 14.2. The number of aromatic amines is 1. The van der Waals surface area contributed by atoms with Crippen molar-refractivity contribution in [3.8, 4) is 5.75 Å². The maximum Gasteiger partial charge on any atom is 0.254 e. The fraction of sp³-hybridized carbons (Fsp3) is 0.300. The van der Waals surface area contributed by atoms with Crippen molar-refractivity contribution in [2.75, 3.05) is 20.2 Å². The molecule has 25 heavy (non-hydrogen) atoms. The molecule has 0 bridgehead atoms. The Hall–Kier alpha value is -2.82. The van der Waals surface area contributed by atoms with Gasteiger partial charge >= 0.3 is 0 Å². The number of H-pyrrole nitrogens is 1. The van der Waals surface area contributed by atoms with Gasteiger partial charge in [0.2, 0.25) is 0 Å². The minimum absolute atomic E-state index is 0.0674. The lowest BCUT2D eigenvalue weighted by atomic mass is 9.94. The van der Waals surface area contributed by atoms with Crippen LogP contribution in [0.1, 0.15) is 34.8 Å². The first-order valence-electron chi connectivity index (χ1n) is 8.61. The van der Waals surface area contributed by atoms with E-state index in [0.717, 1.165) is 42.7 Å². The predicted octanol–water partition coefficient (Wildman–Crippen LogP) is 3.59. The number of aromatic nitrogens is 2. The Balaban J connectivity index is 1.54. The van der Waals surface area contributed by atoms with E-state index < -0.39 is 0 Å². The quantitative estimate of drug-likeness (QED) is 0.796. The molecule has 128 valence electrons. The van der Waals surface area contributed by atoms with Crippen molar-refractivity contribution in [3.05, 3.63) is 59.9 Å². The molecule has 0 radical (unpaired) electrons. The summed E-state index contributed by atoms with van der Waals surface area (Å²) in [6, 6.07) is 13.4. The van der Waals surface area contributed by atoms with Crippen molar-refractivity contribution >= 4 is 16.9 Å². The Kier molecular flexibility index (Phi) is 4.14. The Labute approximate surface area is 146 Å². The van der Waals surface area contributed by atoms with Gasteiger partial charge in [0.05, 0.1) is 18.1 Å². The van der Waals surface area contributed by atoms with Gasteiger partial charge in [-0.1, -0.05) is 6.07 Å². The second-order valence-corrected chi connectivity index (χ2v) is 6.48. The third-order valence-electron chi connectivity index (χ3n) is 4.87. The Bertz CT molecular complexity index is 870. The summed E-state index contributed by atoms with van der Waals surface area (Å²) >= 11 is 0. The standard InChI is InChI=1S/C20H21N3O2/c1-25-16-7-2-5-14(11-16)20(24)23-10-4-6-15(13-23)18-12-19-17(22-18)8-3-9-21-19/h2-3,5,7-9,11-12,15,22H,4,6,10,13H2,1H3/t15-/m0/s1. The number of fused-ring (bicyclic) bond motifs is 1. The van der Waals surface area contributed by atoms with E-state index >= 15 is 0 Å². The van der Waals surface area contributed by atoms with Gasteiger partial charge in [-0.3, -0.25) is 9.78 Å². The van der Waals surface area contributed by atoms with Crippen LogP contribution in [-0.2, 0) is 0 Å². The Morgan fingerprint density at radius 2 is 2.20 bits per heavy atom. The zero-order chi connectivity index (χ0) is 17.2. The third-order valence-corrected chi connectivity index (χ3v) is 4.87. The van der Waals surface area contributed by atoms with E-state index in [1.807, 2.05) is 35.2 Å². The van der Waals surface area contributed by atoms with Crippen molar-refractivity contribution in [2.45, 2.75) is 18.8 Å². The second kappa shape index (κ2) is 6.59. The largest absolute Gasteiger partial charge is 0.497 e. The van der Waals surface area contributed by atoms with Crippen molar-refractivity contribution in [3.63, 3.8) is 0 Å². The van der Waals surface area contributed by atoms with Gasteiger partial charge in [-0.05, 0) is 49.2 Å². The number of piperidine rings is 1. The van der Waals surface area contributed by atoms with Gasteiger partial charge in [0.25, 0.3) is 5.91 Å². The maximum atomic E-state index is 12.9. The van der Waals surface area contributed by atoms with Gasteiger partial charge in [-0.2, -0.15) is 0 Å². The molecule has 1 aliphatic rings. The number of ether oxygens (including phenoxy) is 1. The van der Waals surface area contributed by atoms with Crippen molar-refractivity contribution in [1.82, 2.24) is 14.9 Å². The molecule has 1 saturated heterocycles. The molecule has 0 aliphatic carbocycles. The molecule has 3 aromatic rings. The highest BCUT2D eigenvalue weighted by Crippen LogP contribution is 2.29. The Morgan fingerprint density at radius 1 is 1.28 bits per heavy atom. The Morgan fingerprint density at radius 3 is 3.04 bits per heavy atom. The molecule has 1 atom stereocenters. The summed E-state index contributed by atoms with van der Waals surface area (Å²) in [6.07, 6.45) is 3.89. The van der Waals surface area contributed by atoms with Gasteiger partial charge in [0, 0.05) is 36.5 Å². The lowest BCUT2D eigenvalue weighted by Gasteiger charge is -2.32. The number of nitrogens with zero attached hydrogens (tertiary/aromatic N) is 2. The number of carbonyl (C=O) groups is 1. The lowest BCUT2D eigenvalue weighted by Crippen LogP contribution is -2.39. The van der Waals surface area contributed by atoms with Crippen molar-refractivity contribution in [1.29, 1.82) is 0 Å². The van der Waals surface area contributed by atoms with Crippen LogP contribution in [0.15, 0.2) is 48.7 Å². The first kappa shape index (κ1) is 15.7. The number of nitrogens with one attached hydrogen (secondary N) is 1. The molecule has 4 rings (SSSR count). The van der Waals surface area contributed by atoms with Crippen LogP contribution in [0.25, 0.3) is 11.0 Å². The molecule has 0 saturated carbocycles. The highest BCUT2D eigenvalue weighted by Gasteiger charge is 2.26. The van der Waals surface area contributed by atoms with Gasteiger partial charge < -0.3 is 14.6 Å². The van der Waals surface area contributed by atoms with Crippen LogP contribution in [0.2, 0.25) is 0 Å². The summed E-state index contributed by atoms with van der Waals surface area (Å²) in [5, 5.41) is 0. The number of hydrogen-bond acceptors (Lipinski definition) is 3. The first-order chi connectivity index (χ1) is 12.2. The fourth-order valence-electron chi connectivity index (χ4n) is 3.55. The van der Waals surface area contributed by atoms with E-state index in [-0.39, 0.29) is 5.91 Å². The van der Waals surface area contributed by atoms with E-state index in [1.165, 1.54) is 0 Å². The van der Waals surface area contributed by atoms with Crippen LogP contribution in [0.3, 0.4) is 0 Å². The SMILES string of the molecule is COc1cccc(C(=O)N2CCC[C@H](c3cc4ncccc4[nH]3)C2)c1. The average molecular weight is 335 g/mol. The molecule has 2 aromatic heterocycles. The summed E-state index contributed by atoms with van der Waals surface area (Å²) in [4.78, 5) is 22.7. The summed E-state index contributed by atoms with van der Waals surface area (Å²) in [7, 11) is 1.62. The number of hydrogen-bond donors (Lipinski definition) is 1. The molecule has 5 nitrogen and oxygen atoms in total. The van der Waals surface area contributed by atoms with Crippen molar-refractivity contribution < 1.29 is 9.53 Å². The normalized spacial score (nSPS) is 17.6. The molecular weight excluding hydrogens is 314 g/mol. The van der Waals surface area contributed by atoms with Crippen LogP contribution in [0, 0.1) is 0 Å². The van der Waals surface area contributed by atoms with Gasteiger partial charge in [-0.15, -0.1) is 0 Å². The zero-order valence-corrected chi connectivity index (χ0v) is 14.2. The molecule has 1 aromatic carbocycles. The van der Waals surface area contributed by atoms with Gasteiger partial charge in [0.1, 0.15) is 5.75 Å². The van der Waals surface area contributed by atoms with Gasteiger partial charge in [-0.25, -0.2) is 0 Å². The number of benzene rings is 1. The number of pyridine rings is 1. The van der Waals surface area contributed by atoms with E-state index in [1.54, 1.807) is 19.4 Å². The molecule has 0 unspecified atom stereocenters. The maximum absolute atomic E-state index is 12.9. The molecule has 0 spiro atoms. The smallest absolute Gasteiger partial charge is 0.254 e. The minimum Gasteiger partial charge on any atom is -0.497 e. The highest BCUT2D eigenvalue weighted by molar-refractivity contribution is 5.94. The van der Waals surface area contributed by atoms with Crippen LogP contribution in [0.4, 0.5) is 0 Å². The van der Waals surface area contributed by atoms with Gasteiger partial charge in [0.15, 0.2) is 0 Å². The fourth-order valence-corrected chi connectivity index (χ4v) is 3.55. The second-order valence-electron chi connectivity index (χ2n) is 6.48. The van der Waals surface area contributed by atoms with Crippen LogP contribution in [0.5, 0.6) is 5.75 Å². The molecular formula is C20H21N3O2. The molecule has 3 heterocycles. The number of methoxy groups -OCH3 is 1. The van der Waals surface area contributed by atoms with Crippen LogP contribution < -0.4 is 4.74 Å². The van der Waals surface area contributed by atoms with E-state index in [2.05, 4.69) is 16.0 Å². The van der Waals surface area contributed by atoms with Crippen LogP contribution >= 0.6 is 0 Å². The van der Waals surface area contributed by atoms with E-state index in [0.29, 0.717) is 17.2 Å². The highest BCUT2D eigenvalue weighted by atomic mass is 16.5. The lowest BCUT2D eigenvalue weighted by molar-refractivity contribution is 0.0706. The number of likely N-dealkylation sites (tertiary alicyclic amines) is 1. The first-order valence-corrected chi connectivity index (χ1v) is 8.61. The number of rotatable bonds is 3. The molecule has 1 fully saturated rings. The predicted molar refractivity (Wildman–Crippen MR) is 97.0 cm³/mol. The summed E-state index contributed by atoms with van der Waals surface area (Å²) in [5.41, 5.74) is 3.87. The minimum atomic E-state index is 0.0674. The average Bonchev–Trinajstić information content (AvgIpc) is 3.12. The van der Waals surface area contributed by atoms with E-state index in [9.17, 15) is 4.79 Å². The van der Waals surface area contributed by atoms with Crippen LogP contribution in [-0.4, -0.2) is 41.0 Å². The summed E-state index contributed by atoms with van der Waals surface area (Å²) < 4.78 is 5.23. The molecule has 1 N–H and O–H groups in total. The molecule has 1 aliphatic heterocycles. The third kappa shape index (κ3) is 3.09. The molecule has 1 amide bonds. The van der Waals surface area contributed by atoms with Crippen molar-refractivity contribution in [2.24, 2.45) is 0 Å².